The van der Waals surface area contributed by atoms with Crippen LogP contribution < -0.4 is 5.32 Å². The van der Waals surface area contributed by atoms with E-state index in [9.17, 15) is 0 Å². The van der Waals surface area contributed by atoms with Gasteiger partial charge >= 0.3 is 0 Å². The van der Waals surface area contributed by atoms with Gasteiger partial charge in [-0.1, -0.05) is 30.9 Å². The van der Waals surface area contributed by atoms with Crippen LogP contribution in [-0.4, -0.2) is 21.4 Å². The van der Waals surface area contributed by atoms with Crippen molar-refractivity contribution in [1.29, 1.82) is 0 Å². The molecule has 0 atom stereocenters. The Morgan fingerprint density at radius 2 is 1.81 bits per heavy atom. The first-order valence-corrected chi connectivity index (χ1v) is 6.47. The lowest BCUT2D eigenvalue weighted by Gasteiger charge is -2.36. The van der Waals surface area contributed by atoms with Gasteiger partial charge in [0.2, 0.25) is 5.95 Å². The van der Waals surface area contributed by atoms with Crippen LogP contribution in [0.25, 0.3) is 0 Å². The lowest BCUT2D eigenvalue weighted by atomic mass is 9.83. The van der Waals surface area contributed by atoms with Crippen LogP contribution in [0.5, 0.6) is 0 Å². The normalized spacial score (nSPS) is 19.4. The number of halogens is 2. The molecule has 1 aromatic rings. The third kappa shape index (κ3) is 2.77. The van der Waals surface area contributed by atoms with Crippen molar-refractivity contribution in [1.82, 2.24) is 9.97 Å². The number of nitrogens with zero attached hydrogens (tertiary/aromatic N) is 2. The predicted molar refractivity (Wildman–Crippen MR) is 67.2 cm³/mol. The van der Waals surface area contributed by atoms with E-state index in [1.807, 2.05) is 0 Å². The number of rotatable bonds is 3. The van der Waals surface area contributed by atoms with E-state index < -0.39 is 0 Å². The number of aromatic nitrogens is 2. The zero-order valence-corrected chi connectivity index (χ0v) is 10.6. The van der Waals surface area contributed by atoms with Gasteiger partial charge in [0.25, 0.3) is 0 Å². The molecular weight excluding hydrogens is 245 g/mol. The molecule has 88 valence electrons. The van der Waals surface area contributed by atoms with Crippen LogP contribution in [0.2, 0.25) is 5.02 Å². The number of anilines is 1. The first-order valence-electron chi connectivity index (χ1n) is 5.56. The van der Waals surface area contributed by atoms with Crippen LogP contribution in [0.3, 0.4) is 0 Å². The highest BCUT2D eigenvalue weighted by Gasteiger charge is 2.31. The largest absolute Gasteiger partial charge is 0.348 e. The second-order valence-corrected chi connectivity index (χ2v) is 5.03. The summed E-state index contributed by atoms with van der Waals surface area (Å²) >= 11 is 11.8. The van der Waals surface area contributed by atoms with Gasteiger partial charge in [-0.05, 0) is 12.8 Å². The third-order valence-corrected chi connectivity index (χ3v) is 3.77. The molecule has 5 heteroatoms. The highest BCUT2D eigenvalue weighted by molar-refractivity contribution is 6.30. The predicted octanol–water partition coefficient (Wildman–Crippen LogP) is 3.48. The molecule has 0 saturated heterocycles. The van der Waals surface area contributed by atoms with Crippen LogP contribution in [0, 0.1) is 0 Å². The first kappa shape index (κ1) is 11.9. The Hall–Kier alpha value is -0.540. The summed E-state index contributed by atoms with van der Waals surface area (Å²) < 4.78 is 0. The molecule has 16 heavy (non-hydrogen) atoms. The summed E-state index contributed by atoms with van der Waals surface area (Å²) in [5.41, 5.74) is -0.0341. The van der Waals surface area contributed by atoms with Gasteiger partial charge in [0.15, 0.2) is 0 Å². The minimum atomic E-state index is -0.0341. The lowest BCUT2D eigenvalue weighted by Crippen LogP contribution is -2.42. The van der Waals surface area contributed by atoms with E-state index in [4.69, 9.17) is 23.2 Å². The molecule has 1 heterocycles. The quantitative estimate of drug-likeness (QED) is 0.845. The van der Waals surface area contributed by atoms with E-state index in [1.165, 1.54) is 19.3 Å². The number of hydrogen-bond acceptors (Lipinski definition) is 3. The molecule has 1 N–H and O–H groups in total. The Bertz CT molecular complexity index is 334. The van der Waals surface area contributed by atoms with Gasteiger partial charge < -0.3 is 5.32 Å². The summed E-state index contributed by atoms with van der Waals surface area (Å²) in [6.45, 7) is 0. The number of hydrogen-bond donors (Lipinski definition) is 1. The standard InChI is InChI=1S/C11H15Cl2N3/c12-8-11(4-2-1-3-5-11)16-10-14-6-9(13)7-15-10/h6-7H,1-5,8H2,(H,14,15,16). The van der Waals surface area contributed by atoms with Gasteiger partial charge in [0.05, 0.1) is 23.0 Å². The van der Waals surface area contributed by atoms with E-state index in [2.05, 4.69) is 15.3 Å². The van der Waals surface area contributed by atoms with E-state index in [-0.39, 0.29) is 5.54 Å². The summed E-state index contributed by atoms with van der Waals surface area (Å²) in [5, 5.41) is 3.91. The Labute approximate surface area is 106 Å². The fourth-order valence-corrected chi connectivity index (χ4v) is 2.57. The van der Waals surface area contributed by atoms with Gasteiger partial charge in [-0.15, -0.1) is 11.6 Å². The van der Waals surface area contributed by atoms with E-state index in [1.54, 1.807) is 12.4 Å². The van der Waals surface area contributed by atoms with Crippen LogP contribution >= 0.6 is 23.2 Å². The van der Waals surface area contributed by atoms with Gasteiger partial charge in [-0.2, -0.15) is 0 Å². The molecule has 0 radical (unpaired) electrons. The molecule has 0 amide bonds. The van der Waals surface area contributed by atoms with Gasteiger partial charge in [0.1, 0.15) is 0 Å². The molecule has 1 aliphatic rings. The maximum Gasteiger partial charge on any atom is 0.223 e. The molecule has 0 unspecified atom stereocenters. The third-order valence-electron chi connectivity index (χ3n) is 3.06. The molecule has 0 aromatic carbocycles. The number of nitrogens with one attached hydrogen (secondary N) is 1. The maximum atomic E-state index is 6.07. The van der Waals surface area contributed by atoms with E-state index in [0.29, 0.717) is 16.9 Å². The summed E-state index contributed by atoms with van der Waals surface area (Å²) in [6, 6.07) is 0. The molecular formula is C11H15Cl2N3. The topological polar surface area (TPSA) is 37.8 Å². The van der Waals surface area contributed by atoms with Crippen molar-refractivity contribution in [2.24, 2.45) is 0 Å². The van der Waals surface area contributed by atoms with Crippen molar-refractivity contribution in [3.05, 3.63) is 17.4 Å². The number of alkyl halides is 1. The van der Waals surface area contributed by atoms with Gasteiger partial charge in [0, 0.05) is 5.88 Å². The summed E-state index contributed by atoms with van der Waals surface area (Å²) in [7, 11) is 0. The summed E-state index contributed by atoms with van der Waals surface area (Å²) in [5.74, 6) is 1.21. The fraction of sp³-hybridized carbons (Fsp3) is 0.636. The first-order chi connectivity index (χ1) is 7.74. The van der Waals surface area contributed by atoms with Crippen molar-refractivity contribution in [3.8, 4) is 0 Å². The fourth-order valence-electron chi connectivity index (χ4n) is 2.13. The van der Waals surface area contributed by atoms with Gasteiger partial charge in [-0.3, -0.25) is 0 Å². The molecule has 0 bridgehead atoms. The van der Waals surface area contributed by atoms with Gasteiger partial charge in [-0.25, -0.2) is 9.97 Å². The summed E-state index contributed by atoms with van der Waals surface area (Å²) in [6.07, 6.45) is 9.09. The second kappa shape index (κ2) is 5.19. The van der Waals surface area contributed by atoms with Crippen molar-refractivity contribution in [2.45, 2.75) is 37.6 Å². The minimum absolute atomic E-state index is 0.0341. The average molecular weight is 260 g/mol. The monoisotopic (exact) mass is 259 g/mol. The molecule has 1 aromatic heterocycles. The molecule has 1 aliphatic carbocycles. The Balaban J connectivity index is 2.08. The second-order valence-electron chi connectivity index (χ2n) is 4.32. The Morgan fingerprint density at radius 1 is 1.19 bits per heavy atom. The SMILES string of the molecule is ClCC1(Nc2ncc(Cl)cn2)CCCCC1. The zero-order valence-electron chi connectivity index (χ0n) is 9.05. The molecule has 3 nitrogen and oxygen atoms in total. The van der Waals surface area contributed by atoms with Crippen LogP contribution in [0.15, 0.2) is 12.4 Å². The minimum Gasteiger partial charge on any atom is -0.348 e. The maximum absolute atomic E-state index is 6.07. The zero-order chi connectivity index (χ0) is 11.4. The van der Waals surface area contributed by atoms with Crippen LogP contribution in [-0.2, 0) is 0 Å². The Kier molecular flexibility index (Phi) is 3.87. The lowest BCUT2D eigenvalue weighted by molar-refractivity contribution is 0.351. The highest BCUT2D eigenvalue weighted by atomic mass is 35.5. The average Bonchev–Trinajstić information content (AvgIpc) is 2.33. The Morgan fingerprint density at radius 3 is 2.38 bits per heavy atom. The molecule has 1 saturated carbocycles. The van der Waals surface area contributed by atoms with Crippen molar-refractivity contribution in [2.75, 3.05) is 11.2 Å². The highest BCUT2D eigenvalue weighted by Crippen LogP contribution is 2.31. The van der Waals surface area contributed by atoms with Crippen LogP contribution in [0.1, 0.15) is 32.1 Å². The van der Waals surface area contributed by atoms with E-state index in [0.717, 1.165) is 12.8 Å². The smallest absolute Gasteiger partial charge is 0.223 e. The molecule has 2 rings (SSSR count). The van der Waals surface area contributed by atoms with Crippen molar-refractivity contribution >= 4 is 29.2 Å². The van der Waals surface area contributed by atoms with E-state index >= 15 is 0 Å². The molecule has 0 aliphatic heterocycles. The molecule has 1 fully saturated rings. The van der Waals surface area contributed by atoms with Crippen molar-refractivity contribution < 1.29 is 0 Å². The van der Waals surface area contributed by atoms with Crippen molar-refractivity contribution in [3.63, 3.8) is 0 Å². The molecule has 0 spiro atoms. The summed E-state index contributed by atoms with van der Waals surface area (Å²) in [4.78, 5) is 8.31. The van der Waals surface area contributed by atoms with Crippen LogP contribution in [0.4, 0.5) is 5.95 Å².